The van der Waals surface area contributed by atoms with Crippen molar-refractivity contribution in [1.29, 1.82) is 0 Å². The summed E-state index contributed by atoms with van der Waals surface area (Å²) < 4.78 is 30.0. The van der Waals surface area contributed by atoms with Crippen LogP contribution in [0.4, 0.5) is 8.78 Å². The zero-order valence-corrected chi connectivity index (χ0v) is 27.0. The fourth-order valence-corrected chi connectivity index (χ4v) is 7.12. The lowest BCUT2D eigenvalue weighted by atomic mass is 9.89. The Bertz CT molecular complexity index is 2190. The van der Waals surface area contributed by atoms with E-state index in [0.717, 1.165) is 82.0 Å². The minimum Gasteiger partial charge on any atom is -0.299 e. The van der Waals surface area contributed by atoms with Gasteiger partial charge < -0.3 is 0 Å². The highest BCUT2D eigenvalue weighted by Crippen LogP contribution is 2.35. The molecular formula is C40H36F2N4O2. The summed E-state index contributed by atoms with van der Waals surface area (Å²) in [5.41, 5.74) is 9.03. The molecule has 2 aliphatic rings. The zero-order valence-electron chi connectivity index (χ0n) is 27.0. The third-order valence-electron chi connectivity index (χ3n) is 9.54. The van der Waals surface area contributed by atoms with Crippen LogP contribution in [0.3, 0.4) is 0 Å². The number of hydrogen-bond acceptors (Lipinski definition) is 4. The minimum atomic E-state index is -0.264. The summed E-state index contributed by atoms with van der Waals surface area (Å²) in [5.74, 6) is 0.0396. The molecule has 4 aromatic carbocycles. The second-order valence-electron chi connectivity index (χ2n) is 12.5. The van der Waals surface area contributed by atoms with E-state index in [1.54, 1.807) is 30.5 Å². The standard InChI is InChI=1S/C20H19FN2O.C20H17FN2O/c2*1-2-17-18-10-14-12-22-23(16-8-6-15(21)7-9-16)19(14)11-13(18)4-3-5-20(17)24/h6-12,17H,2-5H2,1H3;2,6-12H,3-5H2,1H3/b;17-2+. The molecule has 8 heteroatoms. The average Bonchev–Trinajstić information content (AvgIpc) is 3.61. The molecule has 242 valence electrons. The molecule has 8 rings (SSSR count). The van der Waals surface area contributed by atoms with Crippen LogP contribution in [-0.2, 0) is 22.4 Å². The third-order valence-corrected chi connectivity index (χ3v) is 9.54. The molecule has 0 radical (unpaired) electrons. The van der Waals surface area contributed by atoms with Gasteiger partial charge in [0.25, 0.3) is 0 Å². The van der Waals surface area contributed by atoms with Gasteiger partial charge in [-0.3, -0.25) is 9.59 Å². The van der Waals surface area contributed by atoms with Gasteiger partial charge in [-0.25, -0.2) is 18.1 Å². The molecule has 1 unspecified atom stereocenters. The molecule has 2 aromatic heterocycles. The molecule has 0 N–H and O–H groups in total. The van der Waals surface area contributed by atoms with Crippen LogP contribution in [0.25, 0.3) is 38.8 Å². The van der Waals surface area contributed by atoms with Crippen molar-refractivity contribution in [2.75, 3.05) is 0 Å². The van der Waals surface area contributed by atoms with E-state index in [-0.39, 0.29) is 23.3 Å². The van der Waals surface area contributed by atoms with E-state index >= 15 is 0 Å². The zero-order chi connectivity index (χ0) is 33.4. The predicted molar refractivity (Wildman–Crippen MR) is 185 cm³/mol. The van der Waals surface area contributed by atoms with E-state index in [1.165, 1.54) is 35.4 Å². The van der Waals surface area contributed by atoms with Gasteiger partial charge in [0.15, 0.2) is 5.78 Å². The number of carbonyl (C=O) groups is 2. The maximum absolute atomic E-state index is 13.2. The monoisotopic (exact) mass is 642 g/mol. The van der Waals surface area contributed by atoms with Crippen molar-refractivity contribution >= 4 is 38.9 Å². The number of allylic oxidation sites excluding steroid dienone is 2. The largest absolute Gasteiger partial charge is 0.299 e. The summed E-state index contributed by atoms with van der Waals surface area (Å²) in [7, 11) is 0. The molecule has 1 atom stereocenters. The Morgan fingerprint density at radius 2 is 1.27 bits per heavy atom. The summed E-state index contributed by atoms with van der Waals surface area (Å²) in [5, 5.41) is 10.9. The summed E-state index contributed by atoms with van der Waals surface area (Å²) in [6.45, 7) is 3.98. The first-order valence-electron chi connectivity index (χ1n) is 16.6. The van der Waals surface area contributed by atoms with Gasteiger partial charge in [0.2, 0.25) is 0 Å². The number of hydrogen-bond donors (Lipinski definition) is 0. The predicted octanol–water partition coefficient (Wildman–Crippen LogP) is 9.04. The fourth-order valence-electron chi connectivity index (χ4n) is 7.12. The maximum atomic E-state index is 13.2. The normalized spacial score (nSPS) is 17.1. The molecule has 2 heterocycles. The van der Waals surface area contributed by atoms with Crippen LogP contribution in [0.1, 0.15) is 74.1 Å². The number of fused-ring (bicyclic) bond motifs is 4. The number of aryl methyl sites for hydroxylation is 2. The van der Waals surface area contributed by atoms with Gasteiger partial charge >= 0.3 is 0 Å². The smallest absolute Gasteiger partial charge is 0.163 e. The topological polar surface area (TPSA) is 69.8 Å². The molecular weight excluding hydrogens is 606 g/mol. The van der Waals surface area contributed by atoms with Crippen LogP contribution in [0.15, 0.2) is 91.3 Å². The second kappa shape index (κ2) is 13.1. The van der Waals surface area contributed by atoms with Gasteiger partial charge in [-0.1, -0.05) is 13.0 Å². The number of carbonyl (C=O) groups excluding carboxylic acids is 2. The lowest BCUT2D eigenvalue weighted by Crippen LogP contribution is -2.10. The average molecular weight is 643 g/mol. The fraction of sp³-hybridized carbons (Fsp3) is 0.250. The van der Waals surface area contributed by atoms with Crippen LogP contribution in [-0.4, -0.2) is 31.1 Å². The third kappa shape index (κ3) is 5.87. The first-order valence-corrected chi connectivity index (χ1v) is 16.6. The Morgan fingerprint density at radius 1 is 0.729 bits per heavy atom. The van der Waals surface area contributed by atoms with E-state index in [1.807, 2.05) is 28.6 Å². The molecule has 0 saturated heterocycles. The van der Waals surface area contributed by atoms with Crippen molar-refractivity contribution in [1.82, 2.24) is 19.6 Å². The van der Waals surface area contributed by atoms with Crippen LogP contribution in [0.2, 0.25) is 0 Å². The van der Waals surface area contributed by atoms with E-state index in [4.69, 9.17) is 0 Å². The highest BCUT2D eigenvalue weighted by atomic mass is 19.1. The number of nitrogens with zero attached hydrogens (tertiary/aromatic N) is 4. The molecule has 0 spiro atoms. The Labute approximate surface area is 277 Å². The van der Waals surface area contributed by atoms with Gasteiger partial charge in [0.05, 0.1) is 34.8 Å². The second-order valence-corrected chi connectivity index (χ2v) is 12.5. The number of aromatic nitrogens is 4. The van der Waals surface area contributed by atoms with Crippen LogP contribution in [0, 0.1) is 11.6 Å². The molecule has 6 aromatic rings. The van der Waals surface area contributed by atoms with E-state index < -0.39 is 0 Å². The molecule has 48 heavy (non-hydrogen) atoms. The number of halogens is 2. The van der Waals surface area contributed by atoms with Crippen LogP contribution >= 0.6 is 0 Å². The van der Waals surface area contributed by atoms with Crippen LogP contribution < -0.4 is 0 Å². The highest BCUT2D eigenvalue weighted by Gasteiger charge is 2.25. The van der Waals surface area contributed by atoms with Crippen molar-refractivity contribution in [3.8, 4) is 11.4 Å². The SMILES string of the molecule is C/C=C1/C(=O)CCCc2cc3c(cnn3-c3ccc(F)cc3)cc21.CCC1C(=O)CCCc2cc3c(cnn3-c3ccc(F)cc3)cc21. The van der Waals surface area contributed by atoms with E-state index in [9.17, 15) is 18.4 Å². The van der Waals surface area contributed by atoms with Gasteiger partial charge in [-0.2, -0.15) is 10.2 Å². The van der Waals surface area contributed by atoms with Crippen molar-refractivity contribution in [3.63, 3.8) is 0 Å². The van der Waals surface area contributed by atoms with Crippen LogP contribution in [0.5, 0.6) is 0 Å². The van der Waals surface area contributed by atoms with Crippen molar-refractivity contribution < 1.29 is 18.4 Å². The first-order chi connectivity index (χ1) is 23.3. The number of ketones is 2. The molecule has 6 nitrogen and oxygen atoms in total. The maximum Gasteiger partial charge on any atom is 0.163 e. The Kier molecular flexibility index (Phi) is 8.56. The summed E-state index contributed by atoms with van der Waals surface area (Å²) in [6.07, 6.45) is 11.2. The summed E-state index contributed by atoms with van der Waals surface area (Å²) >= 11 is 0. The quantitative estimate of drug-likeness (QED) is 0.143. The molecule has 0 bridgehead atoms. The van der Waals surface area contributed by atoms with E-state index in [2.05, 4.69) is 41.4 Å². The highest BCUT2D eigenvalue weighted by molar-refractivity contribution is 6.22. The molecule has 2 aliphatic carbocycles. The van der Waals surface area contributed by atoms with Crippen molar-refractivity contribution in [3.05, 3.63) is 125 Å². The number of rotatable bonds is 3. The van der Waals surface area contributed by atoms with Crippen molar-refractivity contribution in [2.45, 2.75) is 64.7 Å². The summed E-state index contributed by atoms with van der Waals surface area (Å²) in [6, 6.07) is 21.1. The lowest BCUT2D eigenvalue weighted by Gasteiger charge is -2.15. The lowest BCUT2D eigenvalue weighted by molar-refractivity contribution is -0.120. The molecule has 0 amide bonds. The van der Waals surface area contributed by atoms with Gasteiger partial charge in [0, 0.05) is 35.1 Å². The van der Waals surface area contributed by atoms with Crippen molar-refractivity contribution in [2.24, 2.45) is 0 Å². The number of benzene rings is 4. The Morgan fingerprint density at radius 3 is 1.85 bits per heavy atom. The Balaban J connectivity index is 0.000000152. The first kappa shape index (κ1) is 31.4. The van der Waals surface area contributed by atoms with E-state index in [0.29, 0.717) is 18.6 Å². The van der Waals surface area contributed by atoms with Gasteiger partial charge in [-0.15, -0.1) is 0 Å². The molecule has 0 fully saturated rings. The Hall–Kier alpha value is -5.24. The van der Waals surface area contributed by atoms with Gasteiger partial charge in [0.1, 0.15) is 17.4 Å². The number of Topliss-reactive ketones (excluding diaryl/α,β-unsaturated/α-hetero) is 2. The minimum absolute atomic E-state index is 0.000992. The molecule has 0 aliphatic heterocycles. The summed E-state index contributed by atoms with van der Waals surface area (Å²) in [4.78, 5) is 24.6. The molecule has 0 saturated carbocycles. The van der Waals surface area contributed by atoms with Gasteiger partial charge in [-0.05, 0) is 134 Å².